The van der Waals surface area contributed by atoms with Gasteiger partial charge in [0.15, 0.2) is 5.69 Å². The van der Waals surface area contributed by atoms with E-state index in [1.165, 1.54) is 18.2 Å². The third kappa shape index (κ3) is 5.23. The summed E-state index contributed by atoms with van der Waals surface area (Å²) in [6.45, 7) is 9.38. The molecule has 4 aromatic rings. The molecule has 2 heterocycles. The molecule has 2 aromatic carbocycles. The summed E-state index contributed by atoms with van der Waals surface area (Å²) in [6, 6.07) is 9.68. The quantitative estimate of drug-likeness (QED) is 0.237. The van der Waals surface area contributed by atoms with Crippen LogP contribution in [0, 0.1) is 44.7 Å². The second-order valence-corrected chi connectivity index (χ2v) is 8.94. The molecule has 1 amide bonds. The SMILES string of the molecule is Cc1cc(C)cc(Oc2cc(NC(=O)c3noc(C)c3Cn3nc(C)c(Cl)c3C)cc([N+](=O)[O-])c2)c1. The molecule has 0 bridgehead atoms. The number of amides is 1. The number of benzene rings is 2. The summed E-state index contributed by atoms with van der Waals surface area (Å²) >= 11 is 6.25. The van der Waals surface area contributed by atoms with Crippen molar-refractivity contribution in [1.82, 2.24) is 14.9 Å². The number of aromatic nitrogens is 3. The largest absolute Gasteiger partial charge is 0.457 e. The highest BCUT2D eigenvalue weighted by atomic mass is 35.5. The smallest absolute Gasteiger partial charge is 0.278 e. The van der Waals surface area contributed by atoms with Crippen molar-refractivity contribution in [2.75, 3.05) is 5.32 Å². The first kappa shape index (κ1) is 24.9. The van der Waals surface area contributed by atoms with Gasteiger partial charge in [-0.05, 0) is 57.9 Å². The van der Waals surface area contributed by atoms with Crippen molar-refractivity contribution in [3.8, 4) is 11.5 Å². The van der Waals surface area contributed by atoms with Gasteiger partial charge in [-0.25, -0.2) is 0 Å². The molecule has 0 aliphatic carbocycles. The predicted molar refractivity (Wildman–Crippen MR) is 134 cm³/mol. The van der Waals surface area contributed by atoms with E-state index in [-0.39, 0.29) is 29.4 Å². The van der Waals surface area contributed by atoms with E-state index in [9.17, 15) is 14.9 Å². The Morgan fingerprint density at radius 3 is 2.36 bits per heavy atom. The average Bonchev–Trinajstić information content (AvgIpc) is 3.27. The molecule has 0 atom stereocenters. The third-order valence-corrected chi connectivity index (χ3v) is 6.14. The zero-order valence-corrected chi connectivity index (χ0v) is 21.1. The molecule has 186 valence electrons. The van der Waals surface area contributed by atoms with Gasteiger partial charge < -0.3 is 14.6 Å². The summed E-state index contributed by atoms with van der Waals surface area (Å²) in [5.41, 5.74) is 3.89. The summed E-state index contributed by atoms with van der Waals surface area (Å²) in [7, 11) is 0. The number of nitrogens with zero attached hydrogens (tertiary/aromatic N) is 4. The first-order valence-corrected chi connectivity index (χ1v) is 11.4. The molecule has 0 fully saturated rings. The Morgan fingerprint density at radius 1 is 1.08 bits per heavy atom. The number of carbonyl (C=O) groups is 1. The summed E-state index contributed by atoms with van der Waals surface area (Å²) in [6.07, 6.45) is 0. The average molecular weight is 510 g/mol. The van der Waals surface area contributed by atoms with Gasteiger partial charge in [-0.2, -0.15) is 5.10 Å². The molecule has 4 rings (SSSR count). The molecule has 0 radical (unpaired) electrons. The molecule has 0 aliphatic heterocycles. The molecule has 2 aromatic heterocycles. The number of non-ortho nitro benzene ring substituents is 1. The number of rotatable bonds is 7. The second-order valence-electron chi connectivity index (χ2n) is 8.56. The van der Waals surface area contributed by atoms with Crippen LogP contribution < -0.4 is 10.1 Å². The summed E-state index contributed by atoms with van der Waals surface area (Å²) < 4.78 is 12.8. The minimum Gasteiger partial charge on any atom is -0.457 e. The van der Waals surface area contributed by atoms with Crippen molar-refractivity contribution < 1.29 is 19.0 Å². The molecule has 1 N–H and O–H groups in total. The lowest BCUT2D eigenvalue weighted by molar-refractivity contribution is -0.384. The van der Waals surface area contributed by atoms with Crippen LogP contribution in [-0.2, 0) is 6.54 Å². The number of ether oxygens (including phenoxy) is 1. The first-order chi connectivity index (χ1) is 17.0. The summed E-state index contributed by atoms with van der Waals surface area (Å²) in [5.74, 6) is 0.593. The van der Waals surface area contributed by atoms with Crippen LogP contribution in [-0.4, -0.2) is 25.8 Å². The third-order valence-electron chi connectivity index (χ3n) is 5.59. The highest BCUT2D eigenvalue weighted by molar-refractivity contribution is 6.31. The molecule has 36 heavy (non-hydrogen) atoms. The maximum atomic E-state index is 13.1. The summed E-state index contributed by atoms with van der Waals surface area (Å²) in [4.78, 5) is 24.1. The fraction of sp³-hybridized carbons (Fsp3) is 0.240. The van der Waals surface area contributed by atoms with E-state index in [2.05, 4.69) is 15.6 Å². The topological polar surface area (TPSA) is 125 Å². The number of nitrogens with one attached hydrogen (secondary N) is 1. The fourth-order valence-corrected chi connectivity index (χ4v) is 4.01. The van der Waals surface area contributed by atoms with Crippen LogP contribution in [0.25, 0.3) is 0 Å². The highest BCUT2D eigenvalue weighted by Crippen LogP contribution is 2.31. The molecule has 0 spiro atoms. The maximum Gasteiger partial charge on any atom is 0.278 e. The molecule has 0 unspecified atom stereocenters. The van der Waals surface area contributed by atoms with Crippen molar-refractivity contribution in [1.29, 1.82) is 0 Å². The van der Waals surface area contributed by atoms with Gasteiger partial charge in [0.1, 0.15) is 17.3 Å². The number of carbonyl (C=O) groups excluding carboxylic acids is 1. The molecule has 10 nitrogen and oxygen atoms in total. The second kappa shape index (κ2) is 9.82. The number of aryl methyl sites for hydroxylation is 4. The number of halogens is 1. The van der Waals surface area contributed by atoms with Crippen molar-refractivity contribution in [3.63, 3.8) is 0 Å². The molecule has 0 aliphatic rings. The van der Waals surface area contributed by atoms with E-state index >= 15 is 0 Å². The lowest BCUT2D eigenvalue weighted by Gasteiger charge is -2.11. The molecule has 11 heteroatoms. The van der Waals surface area contributed by atoms with Crippen LogP contribution in [0.1, 0.15) is 44.3 Å². The van der Waals surface area contributed by atoms with Crippen molar-refractivity contribution in [3.05, 3.63) is 91.1 Å². The van der Waals surface area contributed by atoms with Crippen LogP contribution in [0.3, 0.4) is 0 Å². The van der Waals surface area contributed by atoms with Gasteiger partial charge in [-0.15, -0.1) is 0 Å². The Bertz CT molecular complexity index is 1470. The zero-order chi connectivity index (χ0) is 26.1. The minimum absolute atomic E-state index is 0.0412. The Hall–Kier alpha value is -4.18. The Balaban J connectivity index is 1.62. The van der Waals surface area contributed by atoms with Gasteiger partial charge in [-0.1, -0.05) is 22.8 Å². The van der Waals surface area contributed by atoms with E-state index in [1.807, 2.05) is 39.0 Å². The Kier molecular flexibility index (Phi) is 6.80. The molecule has 0 saturated heterocycles. The van der Waals surface area contributed by atoms with Crippen LogP contribution in [0.5, 0.6) is 11.5 Å². The molecular weight excluding hydrogens is 486 g/mol. The lowest BCUT2D eigenvalue weighted by atomic mass is 10.1. The minimum atomic E-state index is -0.590. The fourth-order valence-electron chi connectivity index (χ4n) is 3.87. The van der Waals surface area contributed by atoms with Gasteiger partial charge >= 0.3 is 0 Å². The van der Waals surface area contributed by atoms with Gasteiger partial charge in [0.05, 0.1) is 39.6 Å². The number of nitro benzene ring substituents is 1. The number of anilines is 1. The van der Waals surface area contributed by atoms with Gasteiger partial charge in [-0.3, -0.25) is 19.6 Å². The number of nitro groups is 1. The van der Waals surface area contributed by atoms with E-state index in [4.69, 9.17) is 20.9 Å². The van der Waals surface area contributed by atoms with Crippen molar-refractivity contribution in [2.45, 2.75) is 41.2 Å². The van der Waals surface area contributed by atoms with Crippen LogP contribution in [0.2, 0.25) is 5.02 Å². The van der Waals surface area contributed by atoms with Crippen LogP contribution >= 0.6 is 11.6 Å². The van der Waals surface area contributed by atoms with Gasteiger partial charge in [0, 0.05) is 17.7 Å². The van der Waals surface area contributed by atoms with Crippen molar-refractivity contribution >= 4 is 28.9 Å². The predicted octanol–water partition coefficient (Wildman–Crippen LogP) is 6.07. The highest BCUT2D eigenvalue weighted by Gasteiger charge is 2.23. The van der Waals surface area contributed by atoms with Crippen molar-refractivity contribution in [2.24, 2.45) is 0 Å². The monoisotopic (exact) mass is 509 g/mol. The van der Waals surface area contributed by atoms with Gasteiger partial charge in [0.25, 0.3) is 11.6 Å². The Labute approximate surface area is 212 Å². The normalized spacial score (nSPS) is 10.9. The lowest BCUT2D eigenvalue weighted by Crippen LogP contribution is -2.16. The van der Waals surface area contributed by atoms with Crippen LogP contribution in [0.4, 0.5) is 11.4 Å². The van der Waals surface area contributed by atoms with Gasteiger partial charge in [0.2, 0.25) is 0 Å². The number of hydrogen-bond acceptors (Lipinski definition) is 7. The van der Waals surface area contributed by atoms with E-state index in [1.54, 1.807) is 18.5 Å². The maximum absolute atomic E-state index is 13.1. The molecular formula is C25H24ClN5O5. The first-order valence-electron chi connectivity index (χ1n) is 11.0. The number of hydrogen-bond donors (Lipinski definition) is 1. The van der Waals surface area contributed by atoms with E-state index in [0.717, 1.165) is 16.8 Å². The van der Waals surface area contributed by atoms with E-state index < -0.39 is 10.8 Å². The summed E-state index contributed by atoms with van der Waals surface area (Å²) in [5, 5.41) is 23.1. The zero-order valence-electron chi connectivity index (χ0n) is 20.4. The molecule has 0 saturated carbocycles. The van der Waals surface area contributed by atoms with Crippen LogP contribution in [0.15, 0.2) is 40.9 Å². The standard InChI is InChI=1S/C25H24ClN5O5/c1-13-6-14(2)8-20(7-13)35-21-10-18(9-19(11-21)31(33)34)27-25(32)24-22(17(5)36-29-24)12-30-16(4)23(26)15(3)28-30/h6-11H,12H2,1-5H3,(H,27,32). The Morgan fingerprint density at radius 2 is 1.75 bits per heavy atom. The van der Waals surface area contributed by atoms with E-state index in [0.29, 0.717) is 27.8 Å².